The molecule has 134 valence electrons. The average molecular weight is 340 g/mol. The maximum atomic E-state index is 12.5. The molecule has 0 bridgehead atoms. The highest BCUT2D eigenvalue weighted by Gasteiger charge is 2.14. The number of aryl methyl sites for hydroxylation is 1. The Bertz CT molecular complexity index is 695. The van der Waals surface area contributed by atoms with E-state index < -0.39 is 0 Å². The number of rotatable bonds is 8. The number of amides is 1. The molecule has 1 aromatic heterocycles. The first kappa shape index (κ1) is 18.9. The summed E-state index contributed by atoms with van der Waals surface area (Å²) in [6, 6.07) is 6.07. The Hall–Kier alpha value is -2.43. The number of anilines is 2. The zero-order valence-corrected chi connectivity index (χ0v) is 15.6. The number of para-hydroxylation sites is 1. The fraction of sp³-hybridized carbons (Fsp3) is 0.450. The lowest BCUT2D eigenvalue weighted by Crippen LogP contribution is -2.16. The molecule has 1 aromatic carbocycles. The van der Waals surface area contributed by atoms with Crippen LogP contribution in [0.3, 0.4) is 0 Å². The lowest BCUT2D eigenvalue weighted by molar-refractivity contribution is 0.102. The summed E-state index contributed by atoms with van der Waals surface area (Å²) in [4.78, 5) is 21.0. The largest absolute Gasteiger partial charge is 0.354 e. The van der Waals surface area contributed by atoms with Crippen LogP contribution >= 0.6 is 0 Å². The van der Waals surface area contributed by atoms with Gasteiger partial charge in [-0.15, -0.1) is 0 Å². The van der Waals surface area contributed by atoms with Crippen molar-refractivity contribution in [1.29, 1.82) is 0 Å². The number of hydrogen-bond donors (Lipinski definition) is 2. The summed E-state index contributed by atoms with van der Waals surface area (Å²) in [6.45, 7) is 9.25. The average Bonchev–Trinajstić information content (AvgIpc) is 2.60. The molecule has 2 N–H and O–H groups in total. The van der Waals surface area contributed by atoms with E-state index in [4.69, 9.17) is 0 Å². The summed E-state index contributed by atoms with van der Waals surface area (Å²) in [5.74, 6) is 0.710. The summed E-state index contributed by atoms with van der Waals surface area (Å²) >= 11 is 0. The van der Waals surface area contributed by atoms with Crippen LogP contribution in [-0.2, 0) is 0 Å². The number of unbranched alkanes of at least 4 members (excludes halogenated alkanes) is 2. The zero-order valence-electron chi connectivity index (χ0n) is 15.6. The van der Waals surface area contributed by atoms with E-state index >= 15 is 0 Å². The summed E-state index contributed by atoms with van der Waals surface area (Å²) in [5, 5.41) is 6.19. The highest BCUT2D eigenvalue weighted by Crippen LogP contribution is 2.27. The number of nitrogens with one attached hydrogen (secondary N) is 2. The van der Waals surface area contributed by atoms with Crippen molar-refractivity contribution in [3.05, 3.63) is 47.3 Å². The van der Waals surface area contributed by atoms with E-state index in [0.29, 0.717) is 17.4 Å². The number of aromatic nitrogens is 2. The van der Waals surface area contributed by atoms with Gasteiger partial charge in [0.2, 0.25) is 5.95 Å². The van der Waals surface area contributed by atoms with Crippen molar-refractivity contribution in [2.45, 2.75) is 52.9 Å². The zero-order chi connectivity index (χ0) is 18.2. The normalized spacial score (nSPS) is 10.8. The minimum absolute atomic E-state index is 0.186. The number of benzene rings is 1. The monoisotopic (exact) mass is 340 g/mol. The van der Waals surface area contributed by atoms with Crippen molar-refractivity contribution in [3.8, 4) is 0 Å². The molecular formula is C20H28N4O. The molecule has 1 amide bonds. The van der Waals surface area contributed by atoms with E-state index in [1.54, 1.807) is 12.4 Å². The van der Waals surface area contributed by atoms with Crippen molar-refractivity contribution >= 4 is 17.5 Å². The molecule has 0 saturated heterocycles. The van der Waals surface area contributed by atoms with Crippen LogP contribution in [0, 0.1) is 6.92 Å². The fourth-order valence-electron chi connectivity index (χ4n) is 2.64. The maximum absolute atomic E-state index is 12.5. The number of carbonyl (C=O) groups is 1. The van der Waals surface area contributed by atoms with E-state index in [1.165, 1.54) is 12.8 Å². The molecule has 1 heterocycles. The Labute approximate surface area is 150 Å². The molecule has 2 aromatic rings. The van der Waals surface area contributed by atoms with Crippen LogP contribution < -0.4 is 10.6 Å². The van der Waals surface area contributed by atoms with Gasteiger partial charge < -0.3 is 10.6 Å². The van der Waals surface area contributed by atoms with Gasteiger partial charge in [-0.1, -0.05) is 51.8 Å². The second-order valence-corrected chi connectivity index (χ2v) is 6.58. The van der Waals surface area contributed by atoms with Crippen molar-refractivity contribution in [2.24, 2.45) is 0 Å². The van der Waals surface area contributed by atoms with Crippen molar-refractivity contribution in [2.75, 3.05) is 17.2 Å². The van der Waals surface area contributed by atoms with Gasteiger partial charge in [-0.25, -0.2) is 9.97 Å². The van der Waals surface area contributed by atoms with Gasteiger partial charge in [-0.2, -0.15) is 0 Å². The van der Waals surface area contributed by atoms with Gasteiger partial charge in [0.25, 0.3) is 5.91 Å². The van der Waals surface area contributed by atoms with Gasteiger partial charge in [0.15, 0.2) is 0 Å². The highest BCUT2D eigenvalue weighted by molar-refractivity contribution is 6.04. The van der Waals surface area contributed by atoms with E-state index in [2.05, 4.69) is 41.4 Å². The Kier molecular flexibility index (Phi) is 6.92. The smallest absolute Gasteiger partial charge is 0.258 e. The number of nitrogens with zero attached hydrogens (tertiary/aromatic N) is 2. The van der Waals surface area contributed by atoms with E-state index in [0.717, 1.165) is 29.8 Å². The molecule has 0 aliphatic carbocycles. The predicted molar refractivity (Wildman–Crippen MR) is 103 cm³/mol. The lowest BCUT2D eigenvalue weighted by atomic mass is 9.98. The molecule has 2 rings (SSSR count). The fourth-order valence-corrected chi connectivity index (χ4v) is 2.64. The quantitative estimate of drug-likeness (QED) is 0.680. The minimum atomic E-state index is -0.186. The summed E-state index contributed by atoms with van der Waals surface area (Å²) in [7, 11) is 0. The van der Waals surface area contributed by atoms with Crippen LogP contribution in [0.1, 0.15) is 67.4 Å². The van der Waals surface area contributed by atoms with E-state index in [1.807, 2.05) is 25.1 Å². The third kappa shape index (κ3) is 5.28. The Morgan fingerprint density at radius 3 is 2.52 bits per heavy atom. The molecule has 0 unspecified atom stereocenters. The molecule has 0 aliphatic rings. The van der Waals surface area contributed by atoms with Crippen LogP contribution in [0.15, 0.2) is 30.6 Å². The van der Waals surface area contributed by atoms with Crippen LogP contribution in [-0.4, -0.2) is 22.4 Å². The van der Waals surface area contributed by atoms with E-state index in [-0.39, 0.29) is 5.91 Å². The van der Waals surface area contributed by atoms with Crippen LogP contribution in [0.25, 0.3) is 0 Å². The third-order valence-corrected chi connectivity index (χ3v) is 4.14. The molecular weight excluding hydrogens is 312 g/mol. The second-order valence-electron chi connectivity index (χ2n) is 6.58. The van der Waals surface area contributed by atoms with Gasteiger partial charge >= 0.3 is 0 Å². The van der Waals surface area contributed by atoms with Crippen molar-refractivity contribution in [3.63, 3.8) is 0 Å². The Morgan fingerprint density at radius 2 is 1.88 bits per heavy atom. The third-order valence-electron chi connectivity index (χ3n) is 4.14. The van der Waals surface area contributed by atoms with Crippen molar-refractivity contribution in [1.82, 2.24) is 9.97 Å². The molecule has 0 fully saturated rings. The first-order chi connectivity index (χ1) is 12.0. The molecule has 0 aliphatic heterocycles. The van der Waals surface area contributed by atoms with Crippen LogP contribution in [0.2, 0.25) is 0 Å². The van der Waals surface area contributed by atoms with Crippen molar-refractivity contribution < 1.29 is 4.79 Å². The molecule has 0 saturated carbocycles. The SMILES string of the molecule is CCCCCNc1ncc(C(=O)Nc2c(C)cccc2C(C)C)cn1. The van der Waals surface area contributed by atoms with Gasteiger partial charge in [0.05, 0.1) is 5.56 Å². The first-order valence-electron chi connectivity index (χ1n) is 8.99. The first-order valence-corrected chi connectivity index (χ1v) is 8.99. The Balaban J connectivity index is 2.04. The molecule has 5 nitrogen and oxygen atoms in total. The second kappa shape index (κ2) is 9.16. The molecule has 0 radical (unpaired) electrons. The van der Waals surface area contributed by atoms with E-state index in [9.17, 15) is 4.79 Å². The molecule has 5 heteroatoms. The van der Waals surface area contributed by atoms with Gasteiger partial charge in [0.1, 0.15) is 0 Å². The predicted octanol–water partition coefficient (Wildman–Crippen LogP) is 4.76. The highest BCUT2D eigenvalue weighted by atomic mass is 16.1. The van der Waals surface area contributed by atoms with Gasteiger partial charge in [0, 0.05) is 24.6 Å². The summed E-state index contributed by atoms with van der Waals surface area (Å²) < 4.78 is 0. The Morgan fingerprint density at radius 1 is 1.16 bits per heavy atom. The summed E-state index contributed by atoms with van der Waals surface area (Å²) in [5.41, 5.74) is 3.51. The minimum Gasteiger partial charge on any atom is -0.354 e. The topological polar surface area (TPSA) is 66.9 Å². The molecule has 25 heavy (non-hydrogen) atoms. The molecule has 0 atom stereocenters. The summed E-state index contributed by atoms with van der Waals surface area (Å²) in [6.07, 6.45) is 6.59. The standard InChI is InChI=1S/C20H28N4O/c1-5-6-7-11-21-20-22-12-16(13-23-20)19(25)24-18-15(4)9-8-10-17(18)14(2)3/h8-10,12-14H,5-7,11H2,1-4H3,(H,24,25)(H,21,22,23). The number of carbonyl (C=O) groups excluding carboxylic acids is 1. The molecule has 0 spiro atoms. The number of hydrogen-bond acceptors (Lipinski definition) is 4. The van der Waals surface area contributed by atoms with Gasteiger partial charge in [-0.05, 0) is 30.4 Å². The maximum Gasteiger partial charge on any atom is 0.258 e. The van der Waals surface area contributed by atoms with Gasteiger partial charge in [-0.3, -0.25) is 4.79 Å². The lowest BCUT2D eigenvalue weighted by Gasteiger charge is -2.16. The van der Waals surface area contributed by atoms with Crippen LogP contribution in [0.5, 0.6) is 0 Å². The van der Waals surface area contributed by atoms with Crippen LogP contribution in [0.4, 0.5) is 11.6 Å².